The fraction of sp³-hybridized carbons (Fsp3) is 0.217. The van der Waals surface area contributed by atoms with Gasteiger partial charge in [-0.3, -0.25) is 14.5 Å². The molecule has 0 atom stereocenters. The quantitative estimate of drug-likeness (QED) is 0.537. The summed E-state index contributed by atoms with van der Waals surface area (Å²) in [6.45, 7) is 2.92. The van der Waals surface area contributed by atoms with Crippen molar-refractivity contribution in [3.8, 4) is 5.75 Å². The first kappa shape index (κ1) is 21.5. The minimum absolute atomic E-state index is 0.124. The third-order valence-electron chi connectivity index (χ3n) is 4.38. The van der Waals surface area contributed by atoms with E-state index in [1.807, 2.05) is 35.7 Å². The van der Waals surface area contributed by atoms with Crippen LogP contribution in [0.4, 0.5) is 11.4 Å². The number of hydrogen-bond donors (Lipinski definition) is 2. The van der Waals surface area contributed by atoms with Crippen LogP contribution in [0.1, 0.15) is 17.4 Å². The fourth-order valence-corrected chi connectivity index (χ4v) is 3.89. The number of nitrogens with one attached hydrogen (secondary N) is 2. The summed E-state index contributed by atoms with van der Waals surface area (Å²) in [4.78, 5) is 27.3. The number of amides is 2. The molecule has 2 aromatic carbocycles. The number of benzene rings is 2. The molecule has 1 aromatic heterocycles. The Kier molecular flexibility index (Phi) is 7.59. The van der Waals surface area contributed by atoms with Gasteiger partial charge < -0.3 is 15.4 Å². The van der Waals surface area contributed by atoms with Crippen LogP contribution in [0.25, 0.3) is 0 Å². The lowest BCUT2D eigenvalue weighted by Crippen LogP contribution is -2.32. The van der Waals surface area contributed by atoms with Gasteiger partial charge >= 0.3 is 0 Å². The Morgan fingerprint density at radius 3 is 2.43 bits per heavy atom. The van der Waals surface area contributed by atoms with Gasteiger partial charge in [-0.05, 0) is 35.7 Å². The highest BCUT2D eigenvalue weighted by Gasteiger charge is 2.15. The molecule has 0 aliphatic carbocycles. The maximum atomic E-state index is 12.8. The Balaban J connectivity index is 1.70. The van der Waals surface area contributed by atoms with E-state index in [0.29, 0.717) is 24.5 Å². The lowest BCUT2D eigenvalue weighted by atomic mass is 10.2. The average molecular weight is 424 g/mol. The van der Waals surface area contributed by atoms with Crippen molar-refractivity contribution >= 4 is 34.5 Å². The minimum atomic E-state index is -0.155. The Hall–Kier alpha value is -3.16. The van der Waals surface area contributed by atoms with Gasteiger partial charge in [0.1, 0.15) is 5.75 Å². The van der Waals surface area contributed by atoms with Gasteiger partial charge in [0.2, 0.25) is 11.8 Å². The Labute approximate surface area is 180 Å². The first-order valence-corrected chi connectivity index (χ1v) is 10.5. The standard InChI is InChI=1S/C23H25N3O3S/c1-17(27)24-19-8-5-9-20(13-19)25-23(28)16-26(15-21-10-6-12-30-21)14-18-7-3-4-11-22(18)29-2/h3-13H,14-16H2,1-2H3,(H,24,27)(H,25,28). The summed E-state index contributed by atoms with van der Waals surface area (Å²) in [7, 11) is 1.65. The third kappa shape index (κ3) is 6.43. The van der Waals surface area contributed by atoms with E-state index in [1.165, 1.54) is 11.8 Å². The smallest absolute Gasteiger partial charge is 0.238 e. The molecule has 0 fully saturated rings. The zero-order valence-corrected chi connectivity index (χ0v) is 17.9. The van der Waals surface area contributed by atoms with Crippen LogP contribution in [0.3, 0.4) is 0 Å². The monoisotopic (exact) mass is 423 g/mol. The van der Waals surface area contributed by atoms with Crippen LogP contribution < -0.4 is 15.4 Å². The van der Waals surface area contributed by atoms with E-state index in [2.05, 4.69) is 21.6 Å². The molecule has 0 radical (unpaired) electrons. The summed E-state index contributed by atoms with van der Waals surface area (Å²) in [6, 6.07) is 19.0. The molecule has 6 nitrogen and oxygen atoms in total. The van der Waals surface area contributed by atoms with Gasteiger partial charge in [0.25, 0.3) is 0 Å². The van der Waals surface area contributed by atoms with Gasteiger partial charge in [0, 0.05) is 41.8 Å². The number of carbonyl (C=O) groups is 2. The van der Waals surface area contributed by atoms with Gasteiger partial charge in [0.15, 0.2) is 0 Å². The van der Waals surface area contributed by atoms with Crippen LogP contribution in [0.5, 0.6) is 5.75 Å². The number of carbonyl (C=O) groups excluding carboxylic acids is 2. The summed E-state index contributed by atoms with van der Waals surface area (Å²) < 4.78 is 5.47. The Morgan fingerprint density at radius 2 is 1.73 bits per heavy atom. The summed E-state index contributed by atoms with van der Waals surface area (Å²) in [5, 5.41) is 7.67. The molecule has 0 saturated carbocycles. The van der Waals surface area contributed by atoms with Gasteiger partial charge in [0.05, 0.1) is 13.7 Å². The van der Waals surface area contributed by atoms with E-state index < -0.39 is 0 Å². The van der Waals surface area contributed by atoms with Crippen molar-refractivity contribution in [3.05, 3.63) is 76.5 Å². The number of methoxy groups -OCH3 is 1. The van der Waals surface area contributed by atoms with Crippen molar-refractivity contribution in [2.24, 2.45) is 0 Å². The fourth-order valence-electron chi connectivity index (χ4n) is 3.15. The first-order chi connectivity index (χ1) is 14.5. The summed E-state index contributed by atoms with van der Waals surface area (Å²) in [5.74, 6) is 0.524. The third-order valence-corrected chi connectivity index (χ3v) is 5.24. The number of anilines is 2. The lowest BCUT2D eigenvalue weighted by molar-refractivity contribution is -0.117. The number of rotatable bonds is 9. The molecule has 156 valence electrons. The number of hydrogen-bond acceptors (Lipinski definition) is 5. The summed E-state index contributed by atoms with van der Waals surface area (Å²) in [6.07, 6.45) is 0. The van der Waals surface area contributed by atoms with Crippen molar-refractivity contribution < 1.29 is 14.3 Å². The van der Waals surface area contributed by atoms with Crippen LogP contribution >= 0.6 is 11.3 Å². The summed E-state index contributed by atoms with van der Waals surface area (Å²) in [5.41, 5.74) is 2.31. The SMILES string of the molecule is COc1ccccc1CN(CC(=O)Nc1cccc(NC(C)=O)c1)Cc1cccs1. The number of para-hydroxylation sites is 1. The number of ether oxygens (including phenoxy) is 1. The molecule has 0 saturated heterocycles. The molecule has 0 unspecified atom stereocenters. The lowest BCUT2D eigenvalue weighted by Gasteiger charge is -2.22. The van der Waals surface area contributed by atoms with Crippen molar-refractivity contribution in [3.63, 3.8) is 0 Å². The minimum Gasteiger partial charge on any atom is -0.496 e. The summed E-state index contributed by atoms with van der Waals surface area (Å²) >= 11 is 1.67. The van der Waals surface area contributed by atoms with Crippen molar-refractivity contribution in [2.75, 3.05) is 24.3 Å². The molecule has 0 spiro atoms. The van der Waals surface area contributed by atoms with E-state index in [9.17, 15) is 9.59 Å². The van der Waals surface area contributed by atoms with Gasteiger partial charge in [-0.25, -0.2) is 0 Å². The van der Waals surface area contributed by atoms with Gasteiger partial charge in [-0.1, -0.05) is 30.3 Å². The predicted octanol–water partition coefficient (Wildman–Crippen LogP) is 4.36. The van der Waals surface area contributed by atoms with Gasteiger partial charge in [-0.15, -0.1) is 11.3 Å². The van der Waals surface area contributed by atoms with Gasteiger partial charge in [-0.2, -0.15) is 0 Å². The molecule has 0 aliphatic heterocycles. The molecule has 3 aromatic rings. The highest BCUT2D eigenvalue weighted by Crippen LogP contribution is 2.22. The predicted molar refractivity (Wildman–Crippen MR) is 121 cm³/mol. The number of nitrogens with zero attached hydrogens (tertiary/aromatic N) is 1. The van der Waals surface area contributed by atoms with Crippen molar-refractivity contribution in [2.45, 2.75) is 20.0 Å². The second-order valence-corrected chi connectivity index (χ2v) is 7.88. The van der Waals surface area contributed by atoms with Crippen LogP contribution in [0.2, 0.25) is 0 Å². The van der Waals surface area contributed by atoms with Crippen LogP contribution in [-0.2, 0) is 22.7 Å². The van der Waals surface area contributed by atoms with Crippen LogP contribution in [-0.4, -0.2) is 30.4 Å². The van der Waals surface area contributed by atoms with E-state index in [4.69, 9.17) is 4.74 Å². The zero-order chi connectivity index (χ0) is 21.3. The van der Waals surface area contributed by atoms with Crippen molar-refractivity contribution in [1.82, 2.24) is 4.90 Å². The molecule has 7 heteroatoms. The van der Waals surface area contributed by atoms with Crippen molar-refractivity contribution in [1.29, 1.82) is 0 Å². The normalized spacial score (nSPS) is 10.6. The first-order valence-electron chi connectivity index (χ1n) is 9.57. The molecule has 3 rings (SSSR count). The maximum absolute atomic E-state index is 12.8. The molecular weight excluding hydrogens is 398 g/mol. The molecule has 0 bridgehead atoms. The molecule has 2 N–H and O–H groups in total. The van der Waals surface area contributed by atoms with Crippen LogP contribution in [0, 0.1) is 0 Å². The molecule has 1 heterocycles. The van der Waals surface area contributed by atoms with E-state index in [0.717, 1.165) is 11.3 Å². The Morgan fingerprint density at radius 1 is 0.967 bits per heavy atom. The highest BCUT2D eigenvalue weighted by molar-refractivity contribution is 7.09. The van der Waals surface area contributed by atoms with E-state index in [-0.39, 0.29) is 18.4 Å². The molecule has 0 aliphatic rings. The zero-order valence-electron chi connectivity index (χ0n) is 17.1. The largest absolute Gasteiger partial charge is 0.496 e. The highest BCUT2D eigenvalue weighted by atomic mass is 32.1. The maximum Gasteiger partial charge on any atom is 0.238 e. The van der Waals surface area contributed by atoms with E-state index >= 15 is 0 Å². The second kappa shape index (κ2) is 10.6. The molecule has 2 amide bonds. The molecule has 30 heavy (non-hydrogen) atoms. The number of thiophene rings is 1. The average Bonchev–Trinajstić information content (AvgIpc) is 3.21. The molecular formula is C23H25N3O3S. The topological polar surface area (TPSA) is 70.7 Å². The van der Waals surface area contributed by atoms with E-state index in [1.54, 1.807) is 42.7 Å². The second-order valence-electron chi connectivity index (χ2n) is 6.85. The van der Waals surface area contributed by atoms with Crippen LogP contribution in [0.15, 0.2) is 66.0 Å². The Bertz CT molecular complexity index is 989.